The maximum Gasteiger partial charge on any atom is 0.149 e. The number of phenolic OH excluding ortho intramolecular Hbond substituents is 1. The minimum Gasteiger partial charge on any atom is -0.507 e. The lowest BCUT2D eigenvalue weighted by molar-refractivity contribution is 0.471. The number of nitrogens with zero attached hydrogens (tertiary/aromatic N) is 3. The summed E-state index contributed by atoms with van der Waals surface area (Å²) < 4.78 is 2.21. The average Bonchev–Trinajstić information content (AvgIpc) is 3.47. The molecule has 0 amide bonds. The first kappa shape index (κ1) is 34.2. The first-order valence-electron chi connectivity index (χ1n) is 18.0. The van der Waals surface area contributed by atoms with Crippen LogP contribution in [0.25, 0.3) is 61.3 Å². The first-order chi connectivity index (χ1) is 24.0. The second-order valence-corrected chi connectivity index (χ2v) is 17.1. The van der Waals surface area contributed by atoms with Crippen LogP contribution in [0.15, 0.2) is 109 Å². The monoisotopic (exact) mass is 671 g/mol. The van der Waals surface area contributed by atoms with E-state index in [9.17, 15) is 5.11 Å². The van der Waals surface area contributed by atoms with Crippen molar-refractivity contribution in [3.8, 4) is 45.1 Å². The Morgan fingerprint density at radius 1 is 0.549 bits per heavy atom. The molecule has 5 aromatic carbocycles. The van der Waals surface area contributed by atoms with Gasteiger partial charge in [0.1, 0.15) is 11.6 Å². The largest absolute Gasteiger partial charge is 0.507 e. The fraction of sp³-hybridized carbons (Fsp3) is 0.277. The van der Waals surface area contributed by atoms with E-state index in [-0.39, 0.29) is 22.0 Å². The zero-order valence-electron chi connectivity index (χ0n) is 31.7. The van der Waals surface area contributed by atoms with Gasteiger partial charge in [-0.15, -0.1) is 0 Å². The number of fused-ring (bicyclic) bond motifs is 2. The third-order valence-corrected chi connectivity index (χ3v) is 10.1. The van der Waals surface area contributed by atoms with E-state index in [2.05, 4.69) is 164 Å². The molecule has 2 heterocycles. The van der Waals surface area contributed by atoms with E-state index in [1.54, 1.807) is 0 Å². The van der Waals surface area contributed by atoms with E-state index in [4.69, 9.17) is 9.97 Å². The highest BCUT2D eigenvalue weighted by atomic mass is 16.3. The Bertz CT molecular complexity index is 2430. The maximum atomic E-state index is 11.6. The molecule has 0 fully saturated rings. The highest BCUT2D eigenvalue weighted by Gasteiger charge is 2.25. The third-order valence-electron chi connectivity index (χ3n) is 10.1. The zero-order valence-corrected chi connectivity index (χ0v) is 31.7. The number of phenols is 1. The van der Waals surface area contributed by atoms with Crippen LogP contribution in [0.4, 0.5) is 0 Å². The lowest BCUT2D eigenvalue weighted by Crippen LogP contribution is -2.12. The van der Waals surface area contributed by atoms with Gasteiger partial charge < -0.3 is 5.11 Å². The molecule has 0 spiro atoms. The summed E-state index contributed by atoms with van der Waals surface area (Å²) in [5.74, 6) is 0.976. The van der Waals surface area contributed by atoms with Crippen molar-refractivity contribution in [1.29, 1.82) is 0 Å². The van der Waals surface area contributed by atoms with E-state index in [1.165, 1.54) is 11.1 Å². The van der Waals surface area contributed by atoms with Crippen LogP contribution in [0.3, 0.4) is 0 Å². The van der Waals surface area contributed by atoms with Crippen molar-refractivity contribution in [1.82, 2.24) is 14.5 Å². The number of aryl methyl sites for hydroxylation is 1. The number of para-hydroxylation sites is 1. The van der Waals surface area contributed by atoms with Gasteiger partial charge in [0.2, 0.25) is 0 Å². The minimum atomic E-state index is -0.104. The van der Waals surface area contributed by atoms with Gasteiger partial charge in [-0.2, -0.15) is 0 Å². The van der Waals surface area contributed by atoms with Crippen LogP contribution in [0.5, 0.6) is 5.75 Å². The molecular weight excluding hydrogens is 623 g/mol. The Morgan fingerprint density at radius 3 is 1.82 bits per heavy atom. The predicted octanol–water partition coefficient (Wildman–Crippen LogP) is 12.5. The molecule has 7 rings (SSSR count). The summed E-state index contributed by atoms with van der Waals surface area (Å²) in [7, 11) is 0. The van der Waals surface area contributed by atoms with Crippen LogP contribution in [0.2, 0.25) is 0 Å². The molecule has 0 atom stereocenters. The second-order valence-electron chi connectivity index (χ2n) is 17.1. The third kappa shape index (κ3) is 6.33. The van der Waals surface area contributed by atoms with Crippen molar-refractivity contribution in [3.63, 3.8) is 0 Å². The zero-order chi connectivity index (χ0) is 36.5. The number of aromatic nitrogens is 3. The normalized spacial score (nSPS) is 12.6. The molecule has 4 heteroatoms. The van der Waals surface area contributed by atoms with E-state index in [0.29, 0.717) is 0 Å². The van der Waals surface area contributed by atoms with Crippen molar-refractivity contribution >= 4 is 21.9 Å². The smallest absolute Gasteiger partial charge is 0.149 e. The van der Waals surface area contributed by atoms with Crippen LogP contribution in [0.1, 0.15) is 84.6 Å². The van der Waals surface area contributed by atoms with Crippen LogP contribution in [-0.2, 0) is 16.2 Å². The van der Waals surface area contributed by atoms with Crippen molar-refractivity contribution < 1.29 is 5.11 Å². The summed E-state index contributed by atoms with van der Waals surface area (Å²) in [5, 5.41) is 12.8. The van der Waals surface area contributed by atoms with Gasteiger partial charge in [-0.3, -0.25) is 9.55 Å². The summed E-state index contributed by atoms with van der Waals surface area (Å²) in [4.78, 5) is 10.3. The van der Waals surface area contributed by atoms with Crippen LogP contribution >= 0.6 is 0 Å². The number of aromatic hydroxyl groups is 1. The summed E-state index contributed by atoms with van der Waals surface area (Å²) in [6.45, 7) is 22.1. The SMILES string of the molecule is Cc1cc(C(C)(C)C)cc(-c2nc3c(-c4cccc(-c5cc(C(C)(C)C)cc6cccnc56)c4)cccc3n2-c2ccc(C(C)(C)C)cc2)c1O. The van der Waals surface area contributed by atoms with Crippen LogP contribution in [0, 0.1) is 6.92 Å². The number of benzene rings is 5. The van der Waals surface area contributed by atoms with Crippen LogP contribution < -0.4 is 0 Å². The molecule has 0 radical (unpaired) electrons. The molecule has 1 N–H and O–H groups in total. The molecule has 0 unspecified atom stereocenters. The standard InChI is InChI=1S/C47H49N3O/c1-29-24-34(46(5,6)7)28-39(43(29)51)44-49-42-37(17-12-18-40(42)50(44)36-21-19-33(20-22-36)45(2,3)4)30-14-11-15-31(25-30)38-27-35(47(8,9)10)26-32-16-13-23-48-41(32)38/h11-28,51H,1-10H3. The average molecular weight is 672 g/mol. The summed E-state index contributed by atoms with van der Waals surface area (Å²) in [6.07, 6.45) is 1.88. The van der Waals surface area contributed by atoms with Gasteiger partial charge in [0.25, 0.3) is 0 Å². The van der Waals surface area contributed by atoms with Crippen molar-refractivity contribution in [2.75, 3.05) is 0 Å². The minimum absolute atomic E-state index is 0.00941. The van der Waals surface area contributed by atoms with Gasteiger partial charge >= 0.3 is 0 Å². The van der Waals surface area contributed by atoms with Gasteiger partial charge in [-0.25, -0.2) is 4.98 Å². The molecule has 258 valence electrons. The highest BCUT2D eigenvalue weighted by Crippen LogP contribution is 2.42. The number of hydrogen-bond donors (Lipinski definition) is 1. The number of imidazole rings is 1. The Labute approximate surface area is 302 Å². The van der Waals surface area contributed by atoms with E-state index in [0.717, 1.165) is 72.4 Å². The molecule has 0 saturated heterocycles. The molecule has 0 aliphatic heterocycles. The van der Waals surface area contributed by atoms with Crippen molar-refractivity contribution in [2.24, 2.45) is 0 Å². The fourth-order valence-corrected chi connectivity index (χ4v) is 6.97. The summed E-state index contributed by atoms with van der Waals surface area (Å²) >= 11 is 0. The first-order valence-corrected chi connectivity index (χ1v) is 18.0. The van der Waals surface area contributed by atoms with Gasteiger partial charge in [0.15, 0.2) is 0 Å². The number of hydrogen-bond acceptors (Lipinski definition) is 3. The van der Waals surface area contributed by atoms with Crippen LogP contribution in [-0.4, -0.2) is 19.6 Å². The van der Waals surface area contributed by atoms with Gasteiger partial charge in [0.05, 0.1) is 22.1 Å². The molecule has 0 aliphatic carbocycles. The fourth-order valence-electron chi connectivity index (χ4n) is 6.97. The second kappa shape index (κ2) is 12.2. The molecule has 0 bridgehead atoms. The van der Waals surface area contributed by atoms with E-state index < -0.39 is 0 Å². The lowest BCUT2D eigenvalue weighted by atomic mass is 9.84. The molecule has 0 aliphatic rings. The Hall–Kier alpha value is -5.22. The Balaban J connectivity index is 1.48. The topological polar surface area (TPSA) is 50.9 Å². The molecule has 4 nitrogen and oxygen atoms in total. The van der Waals surface area contributed by atoms with Gasteiger partial charge in [-0.05, 0) is 105 Å². The van der Waals surface area contributed by atoms with Crippen molar-refractivity contribution in [2.45, 2.75) is 85.5 Å². The molecule has 51 heavy (non-hydrogen) atoms. The molecular formula is C47H49N3O. The number of rotatable bonds is 4. The highest BCUT2D eigenvalue weighted by molar-refractivity contribution is 5.99. The predicted molar refractivity (Wildman–Crippen MR) is 215 cm³/mol. The molecule has 7 aromatic rings. The molecule has 2 aromatic heterocycles. The summed E-state index contributed by atoms with van der Waals surface area (Å²) in [6, 6.07) is 36.9. The Kier molecular flexibility index (Phi) is 8.21. The number of pyridine rings is 1. The molecule has 0 saturated carbocycles. The summed E-state index contributed by atoms with van der Waals surface area (Å²) in [5.41, 5.74) is 13.4. The van der Waals surface area contributed by atoms with E-state index >= 15 is 0 Å². The van der Waals surface area contributed by atoms with Crippen molar-refractivity contribution in [3.05, 3.63) is 132 Å². The van der Waals surface area contributed by atoms with Gasteiger partial charge in [-0.1, -0.05) is 117 Å². The van der Waals surface area contributed by atoms with E-state index in [1.807, 2.05) is 19.2 Å². The maximum absolute atomic E-state index is 11.6. The quantitative estimate of drug-likeness (QED) is 0.203. The van der Waals surface area contributed by atoms with Gasteiger partial charge in [0, 0.05) is 28.4 Å². The Morgan fingerprint density at radius 2 is 1.16 bits per heavy atom. The lowest BCUT2D eigenvalue weighted by Gasteiger charge is -2.22.